The van der Waals surface area contributed by atoms with Gasteiger partial charge in [0.1, 0.15) is 11.9 Å². The predicted molar refractivity (Wildman–Crippen MR) is 196 cm³/mol. The molecule has 1 unspecified atom stereocenters. The van der Waals surface area contributed by atoms with Crippen LogP contribution in [0.2, 0.25) is 0 Å². The molecule has 3 aromatic carbocycles. The Labute approximate surface area is 281 Å². The van der Waals surface area contributed by atoms with E-state index in [0.717, 1.165) is 42.7 Å². The molecule has 3 aromatic rings. The number of benzene rings is 3. The Balaban J connectivity index is 1.41. The zero-order valence-corrected chi connectivity index (χ0v) is 29.4. The number of hydrogen-bond donors (Lipinski definition) is 0. The Morgan fingerprint density at radius 2 is 0.978 bits per heavy atom. The standard InChI is InChI=1S/C43H62O3/c1-4-6-8-10-12-13-14-15-17-19-23-35-45-40-33-31-39(32-34-40)42-25-22-21-24-41(42)38-29-27-37(28-30-38)36(3)46-43(44)26-20-18-16-11-9-7-5-2/h21-22,24-25,27-34,36H,4-20,23,26,35H2,1-3H3. The number of unbranched alkanes of at least 4 members (excludes halogenated alkanes) is 16. The van der Waals surface area contributed by atoms with E-state index in [2.05, 4.69) is 86.6 Å². The van der Waals surface area contributed by atoms with Crippen LogP contribution in [0.3, 0.4) is 0 Å². The Kier molecular flexibility index (Phi) is 18.9. The lowest BCUT2D eigenvalue weighted by Crippen LogP contribution is -2.08. The van der Waals surface area contributed by atoms with Crippen molar-refractivity contribution in [3.05, 3.63) is 78.4 Å². The van der Waals surface area contributed by atoms with Crippen molar-refractivity contribution in [2.45, 2.75) is 149 Å². The van der Waals surface area contributed by atoms with Crippen molar-refractivity contribution in [1.29, 1.82) is 0 Å². The van der Waals surface area contributed by atoms with Crippen molar-refractivity contribution in [2.24, 2.45) is 0 Å². The van der Waals surface area contributed by atoms with E-state index >= 15 is 0 Å². The second-order valence-corrected chi connectivity index (χ2v) is 13.1. The molecule has 0 aliphatic rings. The van der Waals surface area contributed by atoms with Crippen LogP contribution in [-0.2, 0) is 9.53 Å². The Morgan fingerprint density at radius 1 is 0.543 bits per heavy atom. The normalized spacial score (nSPS) is 11.8. The third-order valence-electron chi connectivity index (χ3n) is 9.09. The SMILES string of the molecule is CCCCCCCCCCCCCOc1ccc(-c2ccccc2-c2ccc(C(C)OC(=O)CCCCCCCCC)cc2)cc1. The molecule has 0 heterocycles. The first-order valence-corrected chi connectivity index (χ1v) is 18.7. The van der Waals surface area contributed by atoms with Crippen LogP contribution in [0.1, 0.15) is 154 Å². The lowest BCUT2D eigenvalue weighted by atomic mass is 9.93. The first-order chi connectivity index (χ1) is 22.6. The maximum Gasteiger partial charge on any atom is 0.306 e. The summed E-state index contributed by atoms with van der Waals surface area (Å²) in [5.41, 5.74) is 5.73. The molecule has 0 saturated heterocycles. The highest BCUT2D eigenvalue weighted by molar-refractivity contribution is 5.83. The van der Waals surface area contributed by atoms with Gasteiger partial charge in [-0.1, -0.05) is 177 Å². The summed E-state index contributed by atoms with van der Waals surface area (Å²) in [5, 5.41) is 0. The second kappa shape index (κ2) is 23.3. The largest absolute Gasteiger partial charge is 0.494 e. The fourth-order valence-corrected chi connectivity index (χ4v) is 6.16. The number of hydrogen-bond acceptors (Lipinski definition) is 3. The molecule has 3 heteroatoms. The summed E-state index contributed by atoms with van der Waals surface area (Å²) in [7, 11) is 0. The van der Waals surface area contributed by atoms with Crippen molar-refractivity contribution >= 4 is 5.97 Å². The van der Waals surface area contributed by atoms with Gasteiger partial charge in [-0.05, 0) is 59.7 Å². The maximum absolute atomic E-state index is 12.4. The van der Waals surface area contributed by atoms with Crippen LogP contribution in [0.5, 0.6) is 5.75 Å². The zero-order valence-electron chi connectivity index (χ0n) is 29.4. The van der Waals surface area contributed by atoms with E-state index in [1.54, 1.807) is 0 Å². The molecule has 0 aliphatic heterocycles. The van der Waals surface area contributed by atoms with Crippen molar-refractivity contribution in [3.8, 4) is 28.0 Å². The van der Waals surface area contributed by atoms with Gasteiger partial charge in [0, 0.05) is 6.42 Å². The average Bonchev–Trinajstić information content (AvgIpc) is 3.08. The first-order valence-electron chi connectivity index (χ1n) is 18.7. The Hall–Kier alpha value is -3.07. The molecule has 252 valence electrons. The van der Waals surface area contributed by atoms with Gasteiger partial charge in [0.05, 0.1) is 6.61 Å². The highest BCUT2D eigenvalue weighted by Gasteiger charge is 2.13. The van der Waals surface area contributed by atoms with E-state index in [9.17, 15) is 4.79 Å². The number of carbonyl (C=O) groups excluding carboxylic acids is 1. The van der Waals surface area contributed by atoms with Gasteiger partial charge >= 0.3 is 5.97 Å². The van der Waals surface area contributed by atoms with Crippen LogP contribution in [0.4, 0.5) is 0 Å². The summed E-state index contributed by atoms with van der Waals surface area (Å²) in [6.07, 6.45) is 23.4. The lowest BCUT2D eigenvalue weighted by Gasteiger charge is -2.15. The number of esters is 1. The maximum atomic E-state index is 12.4. The van der Waals surface area contributed by atoms with Gasteiger partial charge < -0.3 is 9.47 Å². The molecule has 0 aliphatic carbocycles. The molecule has 0 saturated carbocycles. The van der Waals surface area contributed by atoms with Gasteiger partial charge in [-0.25, -0.2) is 0 Å². The fraction of sp³-hybridized carbons (Fsp3) is 0.558. The average molecular weight is 627 g/mol. The third-order valence-corrected chi connectivity index (χ3v) is 9.09. The van der Waals surface area contributed by atoms with E-state index in [4.69, 9.17) is 9.47 Å². The summed E-state index contributed by atoms with van der Waals surface area (Å²) in [6.45, 7) is 7.26. The lowest BCUT2D eigenvalue weighted by molar-refractivity contribution is -0.148. The third kappa shape index (κ3) is 14.6. The Morgan fingerprint density at radius 3 is 1.48 bits per heavy atom. The molecule has 0 spiro atoms. The number of carbonyl (C=O) groups is 1. The van der Waals surface area contributed by atoms with Crippen LogP contribution in [-0.4, -0.2) is 12.6 Å². The molecule has 0 amide bonds. The smallest absolute Gasteiger partial charge is 0.306 e. The molecule has 0 N–H and O–H groups in total. The molecular formula is C43H62O3. The van der Waals surface area contributed by atoms with Crippen LogP contribution >= 0.6 is 0 Å². The van der Waals surface area contributed by atoms with Gasteiger partial charge in [0.15, 0.2) is 0 Å². The molecular weight excluding hydrogens is 564 g/mol. The molecule has 3 nitrogen and oxygen atoms in total. The summed E-state index contributed by atoms with van der Waals surface area (Å²) in [5.74, 6) is 0.842. The molecule has 0 aromatic heterocycles. The van der Waals surface area contributed by atoms with Crippen LogP contribution < -0.4 is 4.74 Å². The number of rotatable bonds is 25. The summed E-state index contributed by atoms with van der Waals surface area (Å²) in [4.78, 5) is 12.4. The molecule has 0 radical (unpaired) electrons. The van der Waals surface area contributed by atoms with Gasteiger partial charge in [0.25, 0.3) is 0 Å². The molecule has 0 fully saturated rings. The van der Waals surface area contributed by atoms with Gasteiger partial charge in [-0.15, -0.1) is 0 Å². The highest BCUT2D eigenvalue weighted by atomic mass is 16.5. The van der Waals surface area contributed by atoms with Crippen molar-refractivity contribution < 1.29 is 14.3 Å². The minimum absolute atomic E-state index is 0.0956. The van der Waals surface area contributed by atoms with E-state index in [1.807, 2.05) is 6.92 Å². The summed E-state index contributed by atoms with van der Waals surface area (Å²) in [6, 6.07) is 25.5. The molecule has 1 atom stereocenters. The quantitative estimate of drug-likeness (QED) is 0.0693. The monoisotopic (exact) mass is 626 g/mol. The van der Waals surface area contributed by atoms with E-state index in [-0.39, 0.29) is 12.1 Å². The van der Waals surface area contributed by atoms with E-state index in [0.29, 0.717) is 6.42 Å². The van der Waals surface area contributed by atoms with Crippen LogP contribution in [0.15, 0.2) is 72.8 Å². The van der Waals surface area contributed by atoms with Gasteiger partial charge in [0.2, 0.25) is 0 Å². The summed E-state index contributed by atoms with van der Waals surface area (Å²) < 4.78 is 11.8. The fourth-order valence-electron chi connectivity index (χ4n) is 6.16. The zero-order chi connectivity index (χ0) is 32.7. The molecule has 3 rings (SSSR count). The topological polar surface area (TPSA) is 35.5 Å². The van der Waals surface area contributed by atoms with E-state index < -0.39 is 0 Å². The minimum Gasteiger partial charge on any atom is -0.494 e. The molecule has 0 bridgehead atoms. The summed E-state index contributed by atoms with van der Waals surface area (Å²) >= 11 is 0. The first kappa shape index (κ1) is 37.4. The van der Waals surface area contributed by atoms with Gasteiger partial charge in [-0.2, -0.15) is 0 Å². The van der Waals surface area contributed by atoms with Crippen LogP contribution in [0, 0.1) is 0 Å². The van der Waals surface area contributed by atoms with Gasteiger partial charge in [-0.3, -0.25) is 4.79 Å². The highest BCUT2D eigenvalue weighted by Crippen LogP contribution is 2.34. The Bertz CT molecular complexity index is 1200. The second-order valence-electron chi connectivity index (χ2n) is 13.1. The van der Waals surface area contributed by atoms with Crippen molar-refractivity contribution in [2.75, 3.05) is 6.61 Å². The number of ether oxygens (including phenoxy) is 2. The van der Waals surface area contributed by atoms with E-state index in [1.165, 1.54) is 113 Å². The predicted octanol–water partition coefficient (Wildman–Crippen LogP) is 13.5. The minimum atomic E-state index is -0.251. The van der Waals surface area contributed by atoms with Crippen molar-refractivity contribution in [1.82, 2.24) is 0 Å². The van der Waals surface area contributed by atoms with Crippen LogP contribution in [0.25, 0.3) is 22.3 Å². The molecule has 46 heavy (non-hydrogen) atoms. The van der Waals surface area contributed by atoms with Crippen molar-refractivity contribution in [3.63, 3.8) is 0 Å².